The highest BCUT2D eigenvalue weighted by Gasteiger charge is 2.45. The van der Waals surface area contributed by atoms with Gasteiger partial charge < -0.3 is 23.9 Å². The Labute approximate surface area is 151 Å². The lowest BCUT2D eigenvalue weighted by atomic mass is 9.91. The lowest BCUT2D eigenvalue weighted by Gasteiger charge is -2.38. The minimum absolute atomic E-state index is 0.171. The van der Waals surface area contributed by atoms with Crippen molar-refractivity contribution in [1.29, 1.82) is 0 Å². The average molecular weight is 359 g/mol. The van der Waals surface area contributed by atoms with Gasteiger partial charge in [0.15, 0.2) is 5.76 Å². The maximum atomic E-state index is 12.5. The van der Waals surface area contributed by atoms with Gasteiger partial charge in [0.25, 0.3) is 11.9 Å². The van der Waals surface area contributed by atoms with Gasteiger partial charge in [-0.15, -0.1) is 0 Å². The highest BCUT2D eigenvalue weighted by molar-refractivity contribution is 5.92. The summed E-state index contributed by atoms with van der Waals surface area (Å²) in [6.07, 6.45) is 0.389. The topological polar surface area (TPSA) is 89.2 Å². The van der Waals surface area contributed by atoms with Crippen LogP contribution in [0.25, 0.3) is 0 Å². The number of likely N-dealkylation sites (tertiary alicyclic amines) is 1. The molecule has 7 nitrogen and oxygen atoms in total. The van der Waals surface area contributed by atoms with Crippen LogP contribution in [0.2, 0.25) is 0 Å². The molecule has 1 aliphatic rings. The first-order chi connectivity index (χ1) is 12.4. The number of aliphatic carboxylic acids is 1. The van der Waals surface area contributed by atoms with Crippen LogP contribution in [0.5, 0.6) is 11.7 Å². The molecule has 1 saturated heterocycles. The number of rotatable bonds is 5. The largest absolute Gasteiger partial charge is 0.478 e. The van der Waals surface area contributed by atoms with Crippen LogP contribution in [-0.2, 0) is 4.79 Å². The first kappa shape index (κ1) is 17.8. The number of hydrogen-bond donors (Lipinski definition) is 1. The van der Waals surface area contributed by atoms with Crippen molar-refractivity contribution in [2.24, 2.45) is 0 Å². The molecule has 0 spiro atoms. The lowest BCUT2D eigenvalue weighted by molar-refractivity contribution is -0.159. The zero-order valence-corrected chi connectivity index (χ0v) is 14.7. The van der Waals surface area contributed by atoms with Gasteiger partial charge in [0.1, 0.15) is 5.75 Å². The van der Waals surface area contributed by atoms with Crippen molar-refractivity contribution in [3.8, 4) is 11.7 Å². The van der Waals surface area contributed by atoms with Gasteiger partial charge in [-0.05, 0) is 30.7 Å². The van der Waals surface area contributed by atoms with E-state index in [-0.39, 0.29) is 43.5 Å². The lowest BCUT2D eigenvalue weighted by Crippen LogP contribution is -2.54. The quantitative estimate of drug-likeness (QED) is 0.883. The molecule has 0 radical (unpaired) electrons. The predicted molar refractivity (Wildman–Crippen MR) is 92.6 cm³/mol. The number of carbonyl (C=O) groups excluding carboxylic acids is 1. The maximum Gasteiger partial charge on any atom is 0.348 e. The summed E-state index contributed by atoms with van der Waals surface area (Å²) in [6.45, 7) is 2.44. The third-order valence-corrected chi connectivity index (χ3v) is 4.54. The average Bonchev–Trinajstić information content (AvgIpc) is 3.11. The van der Waals surface area contributed by atoms with E-state index in [0.717, 1.165) is 5.56 Å². The number of nitrogens with zero attached hydrogens (tertiary/aromatic N) is 1. The zero-order chi connectivity index (χ0) is 18.7. The number of amides is 1. The van der Waals surface area contributed by atoms with Crippen molar-refractivity contribution in [1.82, 2.24) is 4.90 Å². The van der Waals surface area contributed by atoms with Crippen molar-refractivity contribution < 1.29 is 28.6 Å². The molecule has 2 aromatic rings. The molecule has 2 heterocycles. The summed E-state index contributed by atoms with van der Waals surface area (Å²) in [6, 6.07) is 10.4. The molecular weight excluding hydrogens is 338 g/mol. The molecule has 1 aromatic carbocycles. The Kier molecular flexibility index (Phi) is 4.88. The molecule has 138 valence electrons. The van der Waals surface area contributed by atoms with Gasteiger partial charge in [0, 0.05) is 32.0 Å². The fraction of sp³-hybridized carbons (Fsp3) is 0.368. The van der Waals surface area contributed by atoms with Crippen LogP contribution in [0.1, 0.15) is 29.0 Å². The highest BCUT2D eigenvalue weighted by atomic mass is 16.6. The van der Waals surface area contributed by atoms with Crippen molar-refractivity contribution >= 4 is 11.9 Å². The fourth-order valence-electron chi connectivity index (χ4n) is 3.04. The summed E-state index contributed by atoms with van der Waals surface area (Å²) in [7, 11) is 1.46. The standard InChI is InChI=1S/C19H21NO6/c1-13-4-3-5-14(12-13)26-19(18(22)23)8-10-20(11-9-19)17(21)15-6-7-16(24-2)25-15/h3-7,12H,8-11H2,1-2H3,(H,22,23). The van der Waals surface area contributed by atoms with E-state index in [9.17, 15) is 14.7 Å². The summed E-state index contributed by atoms with van der Waals surface area (Å²) in [5, 5.41) is 9.73. The monoisotopic (exact) mass is 359 g/mol. The molecular formula is C19H21NO6. The van der Waals surface area contributed by atoms with Crippen molar-refractivity contribution in [2.45, 2.75) is 25.4 Å². The van der Waals surface area contributed by atoms with Crippen LogP contribution in [0.4, 0.5) is 0 Å². The molecule has 1 aromatic heterocycles. The van der Waals surface area contributed by atoms with Crippen molar-refractivity contribution in [3.05, 3.63) is 47.7 Å². The number of carboxylic acids is 1. The Balaban J connectivity index is 1.71. The van der Waals surface area contributed by atoms with Crippen LogP contribution in [0.15, 0.2) is 40.8 Å². The number of hydrogen-bond acceptors (Lipinski definition) is 5. The summed E-state index contributed by atoms with van der Waals surface area (Å²) < 4.78 is 16.1. The highest BCUT2D eigenvalue weighted by Crippen LogP contribution is 2.30. The van der Waals surface area contributed by atoms with Gasteiger partial charge >= 0.3 is 5.97 Å². The number of furan rings is 1. The number of ether oxygens (including phenoxy) is 2. The van der Waals surface area contributed by atoms with Crippen LogP contribution in [0, 0.1) is 6.92 Å². The van der Waals surface area contributed by atoms with E-state index in [1.165, 1.54) is 7.11 Å². The van der Waals surface area contributed by atoms with E-state index in [1.807, 2.05) is 19.1 Å². The Bertz CT molecular complexity index is 804. The Morgan fingerprint density at radius 1 is 1.19 bits per heavy atom. The summed E-state index contributed by atoms with van der Waals surface area (Å²) >= 11 is 0. The maximum absolute atomic E-state index is 12.5. The molecule has 0 unspecified atom stereocenters. The molecule has 1 N–H and O–H groups in total. The Morgan fingerprint density at radius 3 is 2.50 bits per heavy atom. The first-order valence-electron chi connectivity index (χ1n) is 8.36. The summed E-state index contributed by atoms with van der Waals surface area (Å²) in [5.74, 6) is -0.367. The normalized spacial score (nSPS) is 16.2. The van der Waals surface area contributed by atoms with E-state index in [0.29, 0.717) is 5.75 Å². The van der Waals surface area contributed by atoms with Gasteiger partial charge in [0.2, 0.25) is 5.60 Å². The predicted octanol–water partition coefficient (Wildman–Crippen LogP) is 2.74. The number of methoxy groups -OCH3 is 1. The molecule has 1 fully saturated rings. The van der Waals surface area contributed by atoms with Gasteiger partial charge in [-0.3, -0.25) is 4.79 Å². The van der Waals surface area contributed by atoms with E-state index < -0.39 is 11.6 Å². The van der Waals surface area contributed by atoms with Gasteiger partial charge in [-0.25, -0.2) is 4.79 Å². The third kappa shape index (κ3) is 3.51. The summed E-state index contributed by atoms with van der Waals surface area (Å²) in [4.78, 5) is 26.0. The molecule has 0 saturated carbocycles. The second kappa shape index (κ2) is 7.11. The van der Waals surface area contributed by atoms with Gasteiger partial charge in [-0.1, -0.05) is 12.1 Å². The van der Waals surface area contributed by atoms with Crippen molar-refractivity contribution in [3.63, 3.8) is 0 Å². The Morgan fingerprint density at radius 2 is 1.92 bits per heavy atom. The van der Waals surface area contributed by atoms with E-state index in [2.05, 4.69) is 0 Å². The molecule has 7 heteroatoms. The van der Waals surface area contributed by atoms with Gasteiger partial charge in [-0.2, -0.15) is 0 Å². The number of carbonyl (C=O) groups is 2. The number of benzene rings is 1. The molecule has 1 amide bonds. The zero-order valence-electron chi connectivity index (χ0n) is 14.7. The van der Waals surface area contributed by atoms with Crippen molar-refractivity contribution in [2.75, 3.05) is 20.2 Å². The van der Waals surface area contributed by atoms with Crippen LogP contribution in [0.3, 0.4) is 0 Å². The van der Waals surface area contributed by atoms with E-state index in [1.54, 1.807) is 29.2 Å². The Hall–Kier alpha value is -2.96. The minimum Gasteiger partial charge on any atom is -0.478 e. The summed E-state index contributed by atoms with van der Waals surface area (Å²) in [5.41, 5.74) is -0.353. The minimum atomic E-state index is -1.34. The molecule has 1 aliphatic heterocycles. The number of aryl methyl sites for hydroxylation is 1. The molecule has 3 rings (SSSR count). The third-order valence-electron chi connectivity index (χ3n) is 4.54. The molecule has 26 heavy (non-hydrogen) atoms. The molecule has 0 aliphatic carbocycles. The van der Waals surface area contributed by atoms with Crippen LogP contribution < -0.4 is 9.47 Å². The van der Waals surface area contributed by atoms with Crippen LogP contribution in [-0.4, -0.2) is 47.7 Å². The smallest absolute Gasteiger partial charge is 0.348 e. The molecule has 0 bridgehead atoms. The number of carboxylic acid groups (broad SMARTS) is 1. The van der Waals surface area contributed by atoms with Gasteiger partial charge in [0.05, 0.1) is 7.11 Å². The van der Waals surface area contributed by atoms with E-state index >= 15 is 0 Å². The SMILES string of the molecule is COc1ccc(C(=O)N2CCC(Oc3cccc(C)c3)(C(=O)O)CC2)o1. The fourth-order valence-corrected chi connectivity index (χ4v) is 3.04. The second-order valence-electron chi connectivity index (χ2n) is 6.33. The number of piperidine rings is 1. The molecule has 0 atom stereocenters. The second-order valence-corrected chi connectivity index (χ2v) is 6.33. The van der Waals surface area contributed by atoms with Crippen LogP contribution >= 0.6 is 0 Å². The first-order valence-corrected chi connectivity index (χ1v) is 8.36. The van der Waals surface area contributed by atoms with E-state index in [4.69, 9.17) is 13.9 Å².